The van der Waals surface area contributed by atoms with Gasteiger partial charge in [-0.3, -0.25) is 9.59 Å². The maximum absolute atomic E-state index is 11.1. The summed E-state index contributed by atoms with van der Waals surface area (Å²) < 4.78 is 1.58. The van der Waals surface area contributed by atoms with Crippen LogP contribution in [0.5, 0.6) is 0 Å². The monoisotopic (exact) mass is 299 g/mol. The number of imidazole rings is 1. The molecule has 0 unspecified atom stereocenters. The molecule has 2 aromatic rings. The molecular formula is C11H10ClN3O3S. The van der Waals surface area contributed by atoms with Crippen LogP contribution >= 0.6 is 23.4 Å². The Labute approximate surface area is 117 Å². The number of aliphatic carboxylic acids is 1. The molecule has 0 fully saturated rings. The molecule has 100 valence electrons. The molecule has 0 saturated heterocycles. The molecule has 0 bridgehead atoms. The van der Waals surface area contributed by atoms with E-state index in [1.54, 1.807) is 22.8 Å². The normalized spacial score (nSPS) is 10.8. The van der Waals surface area contributed by atoms with Crippen LogP contribution in [0.1, 0.15) is 0 Å². The second kappa shape index (κ2) is 5.50. The number of benzene rings is 1. The number of thioether (sulfide) groups is 1. The molecule has 0 aliphatic heterocycles. The van der Waals surface area contributed by atoms with Gasteiger partial charge in [-0.15, -0.1) is 0 Å². The van der Waals surface area contributed by atoms with Crippen LogP contribution in [0, 0.1) is 0 Å². The summed E-state index contributed by atoms with van der Waals surface area (Å²) in [5, 5.41) is 9.64. The van der Waals surface area contributed by atoms with E-state index in [-0.39, 0.29) is 12.3 Å². The lowest BCUT2D eigenvalue weighted by Gasteiger charge is -2.05. The summed E-state index contributed by atoms with van der Waals surface area (Å²) in [6, 6.07) is 5.05. The van der Waals surface area contributed by atoms with Gasteiger partial charge in [-0.1, -0.05) is 23.4 Å². The van der Waals surface area contributed by atoms with Gasteiger partial charge >= 0.3 is 5.97 Å². The predicted molar refractivity (Wildman–Crippen MR) is 72.3 cm³/mol. The standard InChI is InChI=1S/C11H10ClN3O3S/c12-6-1-2-8-7(3-6)14-11(19-5-10(17)18)15(8)4-9(13)16/h1-3H,4-5H2,(H2,13,16)(H,17,18). The first-order chi connectivity index (χ1) is 8.97. The topological polar surface area (TPSA) is 98.2 Å². The zero-order chi connectivity index (χ0) is 14.0. The van der Waals surface area contributed by atoms with Crippen molar-refractivity contribution in [3.05, 3.63) is 23.2 Å². The Hall–Kier alpha value is -1.73. The molecule has 0 atom stereocenters. The number of primary amides is 1. The minimum atomic E-state index is -0.958. The zero-order valence-corrected chi connectivity index (χ0v) is 11.2. The number of aromatic nitrogens is 2. The Morgan fingerprint density at radius 2 is 2.21 bits per heavy atom. The highest BCUT2D eigenvalue weighted by Crippen LogP contribution is 2.26. The second-order valence-electron chi connectivity index (χ2n) is 3.76. The summed E-state index contributed by atoms with van der Waals surface area (Å²) >= 11 is 6.90. The Morgan fingerprint density at radius 3 is 2.84 bits per heavy atom. The third-order valence-electron chi connectivity index (χ3n) is 2.31. The number of carbonyl (C=O) groups excluding carboxylic acids is 1. The molecule has 1 heterocycles. The Kier molecular flexibility index (Phi) is 3.96. The molecule has 3 N–H and O–H groups in total. The van der Waals surface area contributed by atoms with Crippen molar-refractivity contribution in [2.45, 2.75) is 11.7 Å². The van der Waals surface area contributed by atoms with Gasteiger partial charge in [-0.2, -0.15) is 0 Å². The highest BCUT2D eigenvalue weighted by molar-refractivity contribution is 7.99. The van der Waals surface area contributed by atoms with Crippen LogP contribution < -0.4 is 5.73 Å². The molecule has 19 heavy (non-hydrogen) atoms. The lowest BCUT2D eigenvalue weighted by molar-refractivity contribution is -0.133. The highest BCUT2D eigenvalue weighted by atomic mass is 35.5. The maximum Gasteiger partial charge on any atom is 0.313 e. The van der Waals surface area contributed by atoms with E-state index in [4.69, 9.17) is 22.4 Å². The molecule has 0 saturated carbocycles. The molecule has 2 rings (SSSR count). The first-order valence-corrected chi connectivity index (χ1v) is 6.62. The van der Waals surface area contributed by atoms with Gasteiger partial charge in [-0.05, 0) is 18.2 Å². The van der Waals surface area contributed by atoms with Gasteiger partial charge in [-0.25, -0.2) is 4.98 Å². The highest BCUT2D eigenvalue weighted by Gasteiger charge is 2.14. The molecular weight excluding hydrogens is 290 g/mol. The van der Waals surface area contributed by atoms with Gasteiger partial charge in [0.15, 0.2) is 5.16 Å². The van der Waals surface area contributed by atoms with Crippen LogP contribution in [0.2, 0.25) is 5.02 Å². The van der Waals surface area contributed by atoms with Gasteiger partial charge in [0.25, 0.3) is 0 Å². The fourth-order valence-electron chi connectivity index (χ4n) is 1.63. The summed E-state index contributed by atoms with van der Waals surface area (Å²) in [4.78, 5) is 26.0. The van der Waals surface area contributed by atoms with Crippen LogP contribution in [-0.2, 0) is 16.1 Å². The molecule has 1 amide bonds. The van der Waals surface area contributed by atoms with Crippen molar-refractivity contribution in [3.63, 3.8) is 0 Å². The number of carbonyl (C=O) groups is 2. The van der Waals surface area contributed by atoms with Gasteiger partial charge < -0.3 is 15.4 Å². The smallest absolute Gasteiger partial charge is 0.313 e. The fraction of sp³-hybridized carbons (Fsp3) is 0.182. The van der Waals surface area contributed by atoms with Crippen LogP contribution in [0.3, 0.4) is 0 Å². The predicted octanol–water partition coefficient (Wildman–Crippen LogP) is 1.35. The van der Waals surface area contributed by atoms with E-state index < -0.39 is 11.9 Å². The second-order valence-corrected chi connectivity index (χ2v) is 5.14. The van der Waals surface area contributed by atoms with Crippen molar-refractivity contribution in [2.75, 3.05) is 5.75 Å². The zero-order valence-electron chi connectivity index (χ0n) is 9.67. The summed E-state index contributed by atoms with van der Waals surface area (Å²) in [6.45, 7) is -0.0555. The molecule has 0 spiro atoms. The number of nitrogens with two attached hydrogens (primary N) is 1. The number of carboxylic acids is 1. The number of fused-ring (bicyclic) bond motifs is 1. The molecule has 0 aliphatic rings. The van der Waals surface area contributed by atoms with Gasteiger partial charge in [0.05, 0.1) is 16.8 Å². The summed E-state index contributed by atoms with van der Waals surface area (Å²) in [5.74, 6) is -1.62. The number of nitrogens with zero attached hydrogens (tertiary/aromatic N) is 2. The molecule has 8 heteroatoms. The molecule has 6 nitrogen and oxygen atoms in total. The van der Waals surface area contributed by atoms with E-state index in [9.17, 15) is 9.59 Å². The Balaban J connectivity index is 2.47. The maximum atomic E-state index is 11.1. The SMILES string of the molecule is NC(=O)Cn1c(SCC(=O)O)nc2cc(Cl)ccc21. The van der Waals surface area contributed by atoms with E-state index >= 15 is 0 Å². The molecule has 1 aromatic heterocycles. The number of carboxylic acid groups (broad SMARTS) is 1. The third-order valence-corrected chi connectivity index (χ3v) is 3.51. The van der Waals surface area contributed by atoms with Crippen molar-refractivity contribution in [3.8, 4) is 0 Å². The molecule has 1 aromatic carbocycles. The van der Waals surface area contributed by atoms with Crippen molar-refractivity contribution in [1.82, 2.24) is 9.55 Å². The average Bonchev–Trinajstić information content (AvgIpc) is 2.63. The number of halogens is 1. The first-order valence-electron chi connectivity index (χ1n) is 5.26. The van der Waals surface area contributed by atoms with Crippen molar-refractivity contribution < 1.29 is 14.7 Å². The van der Waals surface area contributed by atoms with Gasteiger partial charge in [0.2, 0.25) is 5.91 Å². The number of hydrogen-bond acceptors (Lipinski definition) is 4. The van der Waals surface area contributed by atoms with Gasteiger partial charge in [0, 0.05) is 5.02 Å². The lowest BCUT2D eigenvalue weighted by Crippen LogP contribution is -2.19. The largest absolute Gasteiger partial charge is 0.481 e. The Morgan fingerprint density at radius 1 is 1.47 bits per heavy atom. The number of rotatable bonds is 5. The van der Waals surface area contributed by atoms with Crippen molar-refractivity contribution >= 4 is 46.3 Å². The molecule has 0 radical (unpaired) electrons. The van der Waals surface area contributed by atoms with E-state index in [0.717, 1.165) is 11.8 Å². The minimum absolute atomic E-state index is 0.0555. The van der Waals surface area contributed by atoms with E-state index in [1.165, 1.54) is 0 Å². The molecule has 0 aliphatic carbocycles. The van der Waals surface area contributed by atoms with E-state index in [1.807, 2.05) is 0 Å². The van der Waals surface area contributed by atoms with Crippen LogP contribution in [0.4, 0.5) is 0 Å². The van der Waals surface area contributed by atoms with Crippen LogP contribution in [-0.4, -0.2) is 32.3 Å². The van der Waals surface area contributed by atoms with Gasteiger partial charge in [0.1, 0.15) is 6.54 Å². The number of amides is 1. The van der Waals surface area contributed by atoms with E-state index in [0.29, 0.717) is 21.2 Å². The minimum Gasteiger partial charge on any atom is -0.481 e. The summed E-state index contributed by atoms with van der Waals surface area (Å²) in [7, 11) is 0. The van der Waals surface area contributed by atoms with E-state index in [2.05, 4.69) is 4.98 Å². The summed E-state index contributed by atoms with van der Waals surface area (Å²) in [6.07, 6.45) is 0. The third kappa shape index (κ3) is 3.18. The summed E-state index contributed by atoms with van der Waals surface area (Å²) in [5.41, 5.74) is 6.48. The van der Waals surface area contributed by atoms with Crippen LogP contribution in [0.15, 0.2) is 23.4 Å². The lowest BCUT2D eigenvalue weighted by atomic mass is 10.3. The van der Waals surface area contributed by atoms with Crippen LogP contribution in [0.25, 0.3) is 11.0 Å². The first kappa shape index (κ1) is 13.7. The van der Waals surface area contributed by atoms with Crippen molar-refractivity contribution in [2.24, 2.45) is 5.73 Å². The van der Waals surface area contributed by atoms with Crippen molar-refractivity contribution in [1.29, 1.82) is 0 Å². The quantitative estimate of drug-likeness (QED) is 0.812. The average molecular weight is 300 g/mol. The fourth-order valence-corrected chi connectivity index (χ4v) is 2.53. The number of hydrogen-bond donors (Lipinski definition) is 2. The Bertz CT molecular complexity index is 656.